The summed E-state index contributed by atoms with van der Waals surface area (Å²) >= 11 is 0. The number of ether oxygens (including phenoxy) is 4. The van der Waals surface area contributed by atoms with E-state index >= 15 is 0 Å². The standard InChI is InChI=1S/C21H20N2O4.C20H21N3O3.C19H13N3O.C17H17N3O.C15H7F3N4O.C15H10N4O/c1-3-25-18-8-7-15(12-19(18)26-4-2)21-22-20(23-27-21)14-6-5-13-10-17(24)11-16(13)9-14;1-3-24-17-8-6-15(12-18(17)25-4-2)20-22-19(23-26-20)14-5-7-16-13(11-14)9-10-21-16;1-2-5-14(6-3-1)16-7-4-8-17(13-16)19-21-18(22-23-19)15-9-11-20-12-10-15;1-17(2,3)14-6-4-5-13(11-14)16-19-15(20-21-16)12-7-9-18-10-8-12;16-15(17,18)12-6-9(8-19)5-11(7-12)14-21-13(22-23-14)10-1-3-20-4-2-10;1-10-8-12(2-3-13(10)9-16)15-18-14(19-20-15)11-4-6-17-7-5-11/h5-9,12H,3-4,10-11H2,1-2H3;5-8,11-12,21H,3-4,9-10H2,1-2H3;1-13H;4-11H,1-3H3;1-7H;2-8H,1H3. The predicted octanol–water partition coefficient (Wildman–Crippen LogP) is 23.3. The molecule has 0 amide bonds. The summed E-state index contributed by atoms with van der Waals surface area (Å²) in [4.78, 5) is 53.9. The average Bonchev–Trinajstić information content (AvgIpc) is 1.79. The number of hydrogen-bond donors (Lipinski definition) is 1. The van der Waals surface area contributed by atoms with Gasteiger partial charge in [0.05, 0.1) is 55.3 Å². The highest BCUT2D eigenvalue weighted by atomic mass is 19.4. The number of aryl methyl sites for hydroxylation is 1. The Morgan fingerprint density at radius 2 is 0.721 bits per heavy atom. The maximum Gasteiger partial charge on any atom is 0.416 e. The van der Waals surface area contributed by atoms with Crippen LogP contribution in [0.25, 0.3) is 148 Å². The Balaban J connectivity index is 0.000000121. The minimum absolute atomic E-state index is 0.0316. The van der Waals surface area contributed by atoms with Crippen molar-refractivity contribution in [2.24, 2.45) is 0 Å². The number of hydrogen-bond acceptors (Lipinski definition) is 30. The van der Waals surface area contributed by atoms with Crippen molar-refractivity contribution in [2.75, 3.05) is 38.3 Å². The number of benzene rings is 9. The molecule has 9 aromatic carbocycles. The van der Waals surface area contributed by atoms with Crippen LogP contribution in [0.3, 0.4) is 0 Å². The summed E-state index contributed by atoms with van der Waals surface area (Å²) in [6, 6.07) is 76.3. The fourth-order valence-corrected chi connectivity index (χ4v) is 14.6. The minimum Gasteiger partial charge on any atom is -0.490 e. The van der Waals surface area contributed by atoms with Gasteiger partial charge in [0.2, 0.25) is 34.9 Å². The van der Waals surface area contributed by atoms with E-state index in [2.05, 4.69) is 161 Å². The number of carbonyl (C=O) groups excluding carboxylic acids is 1. The zero-order chi connectivity index (χ0) is 97.5. The first-order valence-electron chi connectivity index (χ1n) is 44.5. The molecule has 0 unspecified atom stereocenters. The molecular formula is C107H88F3N19O11. The second-order valence-corrected chi connectivity index (χ2v) is 32.3. The molecule has 1 aliphatic heterocycles. The van der Waals surface area contributed by atoms with Crippen LogP contribution in [0.2, 0.25) is 0 Å². The summed E-state index contributed by atoms with van der Waals surface area (Å²) in [6.07, 6.45) is 10.7. The number of carbonyl (C=O) groups is 1. The molecule has 0 radical (unpaired) electrons. The van der Waals surface area contributed by atoms with Crippen LogP contribution in [0.4, 0.5) is 18.9 Å². The normalized spacial score (nSPS) is 11.6. The van der Waals surface area contributed by atoms with Gasteiger partial charge in [-0.3, -0.25) is 24.7 Å². The van der Waals surface area contributed by atoms with E-state index in [4.69, 9.17) is 56.6 Å². The van der Waals surface area contributed by atoms with Crippen molar-refractivity contribution in [1.29, 1.82) is 10.5 Å². The second-order valence-electron chi connectivity index (χ2n) is 32.3. The Morgan fingerprint density at radius 3 is 1.16 bits per heavy atom. The number of pyridine rings is 4. The number of Topliss-reactive ketones (excluding diaryl/α,β-unsaturated/α-hetero) is 1. The summed E-state index contributed by atoms with van der Waals surface area (Å²) in [6.45, 7) is 19.4. The van der Waals surface area contributed by atoms with Crippen LogP contribution in [0.15, 0.2) is 313 Å². The smallest absolute Gasteiger partial charge is 0.416 e. The lowest BCUT2D eigenvalue weighted by Crippen LogP contribution is -2.10. The molecule has 0 saturated heterocycles. The molecule has 21 rings (SSSR count). The quantitative estimate of drug-likeness (QED) is 0.0698. The minimum atomic E-state index is -4.57. The van der Waals surface area contributed by atoms with Crippen LogP contribution in [0.1, 0.15) is 93.0 Å². The molecule has 0 bridgehead atoms. The van der Waals surface area contributed by atoms with Crippen molar-refractivity contribution in [1.82, 2.24) is 80.8 Å². The number of rotatable bonds is 21. The number of halogens is 3. The highest BCUT2D eigenvalue weighted by Crippen LogP contribution is 2.40. The third-order valence-corrected chi connectivity index (χ3v) is 21.6. The average molecular weight is 1870 g/mol. The van der Waals surface area contributed by atoms with Crippen LogP contribution in [0, 0.1) is 29.6 Å². The maximum absolute atomic E-state index is 12.9. The van der Waals surface area contributed by atoms with E-state index in [1.165, 1.54) is 35.3 Å². The molecule has 1 N–H and O–H groups in total. The van der Waals surface area contributed by atoms with Gasteiger partial charge in [-0.05, 0) is 255 Å². The van der Waals surface area contributed by atoms with Crippen LogP contribution in [-0.2, 0) is 35.6 Å². The molecule has 10 aromatic heterocycles. The van der Waals surface area contributed by atoms with Gasteiger partial charge in [0, 0.05) is 141 Å². The fraction of sp³-hybridized carbons (Fsp3) is 0.168. The van der Waals surface area contributed by atoms with Gasteiger partial charge in [0.15, 0.2) is 23.0 Å². The van der Waals surface area contributed by atoms with E-state index in [-0.39, 0.29) is 34.0 Å². The molecule has 0 fully saturated rings. The van der Waals surface area contributed by atoms with Crippen LogP contribution < -0.4 is 24.3 Å². The highest BCUT2D eigenvalue weighted by Gasteiger charge is 2.33. The summed E-state index contributed by atoms with van der Waals surface area (Å²) < 4.78 is 93.2. The van der Waals surface area contributed by atoms with E-state index in [1.54, 1.807) is 67.5 Å². The SMILES string of the molecule is CC(C)(C)c1cccc(-c2nc(-c3ccncc3)no2)c1.CCOc1ccc(-c2nc(-c3ccc4c(c3)CC(=O)C4)no2)cc1OCC.CCOc1ccc(-c2nc(-c3ccc4c(c3)CCN4)no2)cc1OCC.Cc1cc(-c2nc(-c3ccncc3)no2)ccc1C#N.N#Cc1cc(-c2nc(-c3ccncc3)no2)cc(C(F)(F)F)c1.c1ccc(-c2cccc(-c3nc(-c4ccncc4)no3)c2)cc1. The number of nitrogens with zero attached hydrogens (tertiary/aromatic N) is 18. The van der Waals surface area contributed by atoms with Crippen molar-refractivity contribution < 1.29 is 64.1 Å². The zero-order valence-electron chi connectivity index (χ0n) is 77.0. The second kappa shape index (κ2) is 44.4. The van der Waals surface area contributed by atoms with Gasteiger partial charge in [0.25, 0.3) is 35.3 Å². The van der Waals surface area contributed by atoms with E-state index in [1.807, 2.05) is 180 Å². The maximum atomic E-state index is 12.9. The predicted molar refractivity (Wildman–Crippen MR) is 515 cm³/mol. The van der Waals surface area contributed by atoms with Gasteiger partial charge in [-0.25, -0.2) is 0 Å². The Hall–Kier alpha value is -18.1. The number of alkyl halides is 3. The van der Waals surface area contributed by atoms with Gasteiger partial charge in [-0.1, -0.05) is 118 Å². The van der Waals surface area contributed by atoms with Gasteiger partial charge >= 0.3 is 6.18 Å². The van der Waals surface area contributed by atoms with Gasteiger partial charge < -0.3 is 51.4 Å². The van der Waals surface area contributed by atoms with Gasteiger partial charge in [0.1, 0.15) is 5.78 Å². The monoisotopic (exact) mass is 1870 g/mol. The van der Waals surface area contributed by atoms with Crippen molar-refractivity contribution in [3.8, 4) is 183 Å². The largest absolute Gasteiger partial charge is 0.490 e. The van der Waals surface area contributed by atoms with E-state index in [9.17, 15) is 18.0 Å². The molecule has 33 heteroatoms. The van der Waals surface area contributed by atoms with Crippen molar-refractivity contribution in [2.45, 2.75) is 86.2 Å². The first-order chi connectivity index (χ1) is 68.1. The van der Waals surface area contributed by atoms with E-state index < -0.39 is 11.7 Å². The van der Waals surface area contributed by atoms with E-state index in [0.29, 0.717) is 132 Å². The number of fused-ring (bicyclic) bond motifs is 2. The Kier molecular flexibility index (Phi) is 30.1. The lowest BCUT2D eigenvalue weighted by Gasteiger charge is -2.19. The van der Waals surface area contributed by atoms with Gasteiger partial charge in [-0.2, -0.15) is 53.6 Å². The zero-order valence-corrected chi connectivity index (χ0v) is 77.0. The van der Waals surface area contributed by atoms with E-state index in [0.717, 1.165) is 109 Å². The number of nitrogens with one attached hydrogen (secondary N) is 1. The molecule has 2 aliphatic rings. The molecule has 11 heterocycles. The van der Waals surface area contributed by atoms with Crippen LogP contribution in [-0.4, -0.2) is 120 Å². The fourth-order valence-electron chi connectivity index (χ4n) is 14.6. The third-order valence-electron chi connectivity index (χ3n) is 21.6. The lowest BCUT2D eigenvalue weighted by atomic mass is 9.86. The molecule has 0 spiro atoms. The van der Waals surface area contributed by atoms with Crippen LogP contribution in [0.5, 0.6) is 23.0 Å². The van der Waals surface area contributed by atoms with Crippen molar-refractivity contribution in [3.05, 3.63) is 331 Å². The molecule has 1 aliphatic carbocycles. The van der Waals surface area contributed by atoms with Gasteiger partial charge in [-0.15, -0.1) is 0 Å². The Labute approximate surface area is 801 Å². The number of aromatic nitrogens is 16. The van der Waals surface area contributed by atoms with Crippen molar-refractivity contribution >= 4 is 11.5 Å². The molecule has 19 aromatic rings. The molecule has 0 saturated carbocycles. The Bertz CT molecular complexity index is 7540. The van der Waals surface area contributed by atoms with Crippen molar-refractivity contribution in [3.63, 3.8) is 0 Å². The third kappa shape index (κ3) is 23.8. The lowest BCUT2D eigenvalue weighted by molar-refractivity contribution is -0.137. The number of ketones is 1. The summed E-state index contributed by atoms with van der Waals surface area (Å²) in [5.41, 5.74) is 17.9. The Morgan fingerprint density at radius 1 is 0.343 bits per heavy atom. The topological polar surface area (TPSA) is 399 Å². The summed E-state index contributed by atoms with van der Waals surface area (Å²) in [5, 5.41) is 45.2. The molecule has 140 heavy (non-hydrogen) atoms. The number of anilines is 1. The molecule has 698 valence electrons. The first-order valence-corrected chi connectivity index (χ1v) is 44.5. The summed E-state index contributed by atoms with van der Waals surface area (Å²) in [5.74, 6) is 8.18. The first kappa shape index (κ1) is 95.0. The molecular weight excluding hydrogens is 1780 g/mol. The summed E-state index contributed by atoms with van der Waals surface area (Å²) in [7, 11) is 0. The molecule has 30 nitrogen and oxygen atoms in total. The van der Waals surface area contributed by atoms with Crippen LogP contribution >= 0.6 is 0 Å². The number of nitriles is 2. The highest BCUT2D eigenvalue weighted by molar-refractivity contribution is 5.89. The molecule has 0 atom stereocenters.